The molecule has 8 amide bonds. The number of carbonyl (C=O) groups is 12. The Hall–Kier alpha value is -8.18. The van der Waals surface area contributed by atoms with Crippen LogP contribution in [0.15, 0.2) is 18.6 Å². The molecule has 34 heteroatoms. The number of carbonyl (C=O) groups excluding carboxylic acids is 12. The average molecular weight is 1340 g/mol. The summed E-state index contributed by atoms with van der Waals surface area (Å²) in [4.78, 5) is 159. The molecule has 3 rings (SSSR count). The molecule has 0 aliphatic heterocycles. The first kappa shape index (κ1) is 81.1. The van der Waals surface area contributed by atoms with Gasteiger partial charge < -0.3 is 69.0 Å². The normalized spacial score (nSPS) is 11.1. The van der Waals surface area contributed by atoms with Crippen LogP contribution in [0.5, 0.6) is 0 Å². The predicted octanol–water partition coefficient (Wildman–Crippen LogP) is -2.10. The number of nitrogens with zero attached hydrogens (tertiary/aromatic N) is 16. The number of ether oxygens (including phenoxy) is 3. The van der Waals surface area contributed by atoms with Gasteiger partial charge in [0.1, 0.15) is 17.3 Å². The molecule has 3 N–H and O–H groups in total. The number of urea groups is 1. The van der Waals surface area contributed by atoms with Crippen LogP contribution in [0.25, 0.3) is 0 Å². The first-order chi connectivity index (χ1) is 45.3. The van der Waals surface area contributed by atoms with Crippen LogP contribution < -0.4 is 16.0 Å². The van der Waals surface area contributed by atoms with Gasteiger partial charge in [0.2, 0.25) is 35.4 Å². The Morgan fingerprint density at radius 3 is 1.15 bits per heavy atom. The molecule has 0 unspecified atom stereocenters. The molecule has 0 aromatic carbocycles. The standard InChI is InChI=1S/C61H101N19O15/c1-47(81)13-16-50-39-78(68-65-50)25-10-22-62-37-53(84)42-71(4)59(90)45-73(6)56(87)19-31-93-34-28-77(29-35-94-32-20-57(88)74(7)46-60(91)72(5)44-55(86)64-24-12-27-80-41-52(67-70-80)18-15-49(3)83)30-36-95-33-21-58(89)76(9)61(92)75(8)43-54(85)38-63-23-11-26-79-40-51(66-69-79)17-14-48(2)82/h39-41,62-63H,10-38,42-46H2,1-9H3,(H,64,86). The van der Waals surface area contributed by atoms with Crippen LogP contribution in [0.4, 0.5) is 4.79 Å². The van der Waals surface area contributed by atoms with Crippen LogP contribution in [0.1, 0.15) is 95.6 Å². The first-order valence-corrected chi connectivity index (χ1v) is 32.1. The van der Waals surface area contributed by atoms with Gasteiger partial charge in [-0.1, -0.05) is 15.6 Å². The number of amides is 8. The summed E-state index contributed by atoms with van der Waals surface area (Å²) in [6.07, 6.45) is 9.81. The topological polar surface area (TPSA) is 383 Å². The van der Waals surface area contributed by atoms with E-state index < -0.39 is 23.8 Å². The molecule has 3 heterocycles. The van der Waals surface area contributed by atoms with Crippen molar-refractivity contribution in [3.8, 4) is 0 Å². The van der Waals surface area contributed by atoms with Crippen molar-refractivity contribution in [2.45, 2.75) is 117 Å². The van der Waals surface area contributed by atoms with Crippen molar-refractivity contribution in [1.29, 1.82) is 0 Å². The second-order valence-corrected chi connectivity index (χ2v) is 23.4. The number of hydrogen-bond acceptors (Lipinski definition) is 24. The molecule has 0 spiro atoms. The van der Waals surface area contributed by atoms with Crippen LogP contribution in [0, 0.1) is 0 Å². The Morgan fingerprint density at radius 2 is 0.758 bits per heavy atom. The Morgan fingerprint density at radius 1 is 0.411 bits per heavy atom. The molecular formula is C61H101N19O15. The summed E-state index contributed by atoms with van der Waals surface area (Å²) < 4.78 is 22.5. The monoisotopic (exact) mass is 1340 g/mol. The molecule has 0 saturated carbocycles. The summed E-state index contributed by atoms with van der Waals surface area (Å²) in [5, 5.41) is 33.2. The van der Waals surface area contributed by atoms with Crippen LogP contribution >= 0.6 is 0 Å². The zero-order valence-electron chi connectivity index (χ0n) is 57.1. The number of rotatable bonds is 53. The third-order valence-corrected chi connectivity index (χ3v) is 14.6. The number of Topliss-reactive ketones (excluding diaryl/α,β-unsaturated/α-hetero) is 5. The highest BCUT2D eigenvalue weighted by Crippen LogP contribution is 2.06. The van der Waals surface area contributed by atoms with Crippen LogP contribution in [-0.2, 0) is 106 Å². The summed E-state index contributed by atoms with van der Waals surface area (Å²) in [5.41, 5.74) is 2.18. The fraction of sp³-hybridized carbons (Fsp3) is 0.705. The van der Waals surface area contributed by atoms with Gasteiger partial charge in [-0.05, 0) is 72.4 Å². The van der Waals surface area contributed by atoms with Gasteiger partial charge in [-0.3, -0.25) is 62.2 Å². The van der Waals surface area contributed by atoms with E-state index in [0.29, 0.717) is 122 Å². The van der Waals surface area contributed by atoms with Gasteiger partial charge in [0.15, 0.2) is 11.6 Å². The van der Waals surface area contributed by atoms with E-state index in [1.807, 2.05) is 4.90 Å². The minimum atomic E-state index is -0.658. The summed E-state index contributed by atoms with van der Waals surface area (Å²) in [6.45, 7) is 8.26. The highest BCUT2D eigenvalue weighted by molar-refractivity contribution is 5.96. The number of aromatic nitrogens is 9. The van der Waals surface area contributed by atoms with Crippen LogP contribution in [0.3, 0.4) is 0 Å². The fourth-order valence-electron chi connectivity index (χ4n) is 8.85. The summed E-state index contributed by atoms with van der Waals surface area (Å²) in [7, 11) is 8.70. The van der Waals surface area contributed by atoms with Gasteiger partial charge in [-0.2, -0.15) is 0 Å². The molecular weight excluding hydrogens is 1240 g/mol. The molecule has 0 aliphatic carbocycles. The molecule has 3 aromatic heterocycles. The number of hydrogen-bond donors (Lipinski definition) is 3. The number of imide groups is 1. The number of ketones is 5. The largest absolute Gasteiger partial charge is 0.380 e. The highest BCUT2D eigenvalue weighted by atomic mass is 16.5. The predicted molar refractivity (Wildman–Crippen MR) is 344 cm³/mol. The average Bonchev–Trinajstić information content (AvgIpc) is 2.16. The molecule has 0 fully saturated rings. The van der Waals surface area contributed by atoms with E-state index in [0.717, 1.165) is 21.2 Å². The molecule has 0 aliphatic rings. The Balaban J connectivity index is 1.39. The van der Waals surface area contributed by atoms with Gasteiger partial charge in [-0.25, -0.2) is 4.79 Å². The van der Waals surface area contributed by atoms with Crippen LogP contribution in [-0.4, -0.2) is 317 Å². The van der Waals surface area contributed by atoms with E-state index in [9.17, 15) is 57.5 Å². The van der Waals surface area contributed by atoms with Gasteiger partial charge in [-0.15, -0.1) is 15.3 Å². The Bertz CT molecular complexity index is 2920. The maximum Gasteiger partial charge on any atom is 0.326 e. The number of aryl methyl sites for hydroxylation is 6. The number of nitrogens with one attached hydrogen (secondary N) is 3. The minimum absolute atomic E-state index is 0.0152. The van der Waals surface area contributed by atoms with E-state index in [4.69, 9.17) is 14.2 Å². The lowest BCUT2D eigenvalue weighted by atomic mass is 10.2. The zero-order chi connectivity index (χ0) is 70.1. The molecule has 34 nitrogen and oxygen atoms in total. The van der Waals surface area contributed by atoms with Crippen molar-refractivity contribution in [1.82, 2.24) is 95.2 Å². The molecule has 530 valence electrons. The maximum absolute atomic E-state index is 13.1. The summed E-state index contributed by atoms with van der Waals surface area (Å²) in [6, 6.07) is -0.658. The quantitative estimate of drug-likeness (QED) is 0.0510. The molecule has 0 bridgehead atoms. The molecule has 95 heavy (non-hydrogen) atoms. The van der Waals surface area contributed by atoms with Crippen molar-refractivity contribution < 1.29 is 71.7 Å². The van der Waals surface area contributed by atoms with E-state index in [1.54, 1.807) is 32.6 Å². The van der Waals surface area contributed by atoms with Gasteiger partial charge in [0.05, 0.1) is 122 Å². The highest BCUT2D eigenvalue weighted by Gasteiger charge is 2.24. The van der Waals surface area contributed by atoms with Crippen molar-refractivity contribution in [2.75, 3.05) is 167 Å². The Labute approximate surface area is 555 Å². The van der Waals surface area contributed by atoms with E-state index in [1.165, 1.54) is 82.7 Å². The third-order valence-electron chi connectivity index (χ3n) is 14.6. The van der Waals surface area contributed by atoms with Gasteiger partial charge in [0, 0.05) is 126 Å². The van der Waals surface area contributed by atoms with Crippen molar-refractivity contribution in [3.63, 3.8) is 0 Å². The maximum atomic E-state index is 13.1. The van der Waals surface area contributed by atoms with Crippen molar-refractivity contribution in [2.24, 2.45) is 0 Å². The second kappa shape index (κ2) is 46.0. The second-order valence-electron chi connectivity index (χ2n) is 23.4. The number of likely N-dealkylation sites (N-methyl/N-ethyl adjacent to an activating group) is 5. The molecule has 0 atom stereocenters. The van der Waals surface area contributed by atoms with E-state index >= 15 is 0 Å². The SMILES string of the molecule is CC(=O)CCc1cn(CCCNCC(=O)CN(C)C(=O)CN(C)C(=O)CCOCCN(CCOCCC(=O)N(C)CC(=O)N(C)CC(=O)NCCCn2cc(CCC(C)=O)nn2)CCOCCC(=O)N(C)C(=O)N(C)CC(=O)CNCCCn2cc(CCC(C)=O)nn2)nn1. The molecule has 3 aromatic rings. The van der Waals surface area contributed by atoms with Crippen LogP contribution in [0.2, 0.25) is 0 Å². The van der Waals surface area contributed by atoms with Crippen molar-refractivity contribution >= 4 is 70.4 Å². The molecule has 0 radical (unpaired) electrons. The fourth-order valence-corrected chi connectivity index (χ4v) is 8.85. The van der Waals surface area contributed by atoms with E-state index in [-0.39, 0.29) is 151 Å². The summed E-state index contributed by atoms with van der Waals surface area (Å²) >= 11 is 0. The van der Waals surface area contributed by atoms with Crippen molar-refractivity contribution in [3.05, 3.63) is 35.7 Å². The molecule has 0 saturated heterocycles. The lowest BCUT2D eigenvalue weighted by molar-refractivity contribution is -0.140. The summed E-state index contributed by atoms with van der Waals surface area (Å²) in [5.74, 6) is -2.67. The third kappa shape index (κ3) is 36.3. The minimum Gasteiger partial charge on any atom is -0.380 e. The van der Waals surface area contributed by atoms with E-state index in [2.05, 4.69) is 46.9 Å². The van der Waals surface area contributed by atoms with Gasteiger partial charge in [0.25, 0.3) is 0 Å². The lowest BCUT2D eigenvalue weighted by Crippen LogP contribution is -2.45. The Kier molecular flexibility index (Phi) is 39.3. The smallest absolute Gasteiger partial charge is 0.326 e. The van der Waals surface area contributed by atoms with Gasteiger partial charge >= 0.3 is 6.03 Å². The zero-order valence-corrected chi connectivity index (χ0v) is 57.1. The first-order valence-electron chi connectivity index (χ1n) is 32.1. The lowest BCUT2D eigenvalue weighted by Gasteiger charge is -2.24.